The lowest BCUT2D eigenvalue weighted by Crippen LogP contribution is -2.14. The van der Waals surface area contributed by atoms with Crippen molar-refractivity contribution in [3.05, 3.63) is 169 Å². The van der Waals surface area contributed by atoms with Crippen molar-refractivity contribution in [1.82, 2.24) is 0 Å². The fourth-order valence-corrected chi connectivity index (χ4v) is 9.56. The number of rotatable bonds is 2. The zero-order chi connectivity index (χ0) is 35.0. The van der Waals surface area contributed by atoms with Gasteiger partial charge in [0, 0.05) is 38.4 Å². The molecule has 0 saturated carbocycles. The minimum absolute atomic E-state index is 0.0286. The van der Waals surface area contributed by atoms with E-state index in [9.17, 15) is 0 Å². The highest BCUT2D eigenvalue weighted by molar-refractivity contribution is 6.23. The highest BCUT2D eigenvalue weighted by Gasteiger charge is 2.35. The molecule has 0 N–H and O–H groups in total. The quantitative estimate of drug-likeness (QED) is 0.170. The average Bonchev–Trinajstić information content (AvgIpc) is 3.82. The van der Waals surface area contributed by atoms with Gasteiger partial charge in [-0.15, -0.1) is 0 Å². The lowest BCUT2D eigenvalue weighted by atomic mass is 9.81. The van der Waals surface area contributed by atoms with E-state index in [2.05, 4.69) is 172 Å². The predicted octanol–water partition coefficient (Wildman–Crippen LogP) is 14.6. The highest BCUT2D eigenvalue weighted by atomic mass is 16.3. The number of fused-ring (bicyclic) bond motifs is 13. The van der Waals surface area contributed by atoms with Gasteiger partial charge in [-0.2, -0.15) is 0 Å². The summed E-state index contributed by atoms with van der Waals surface area (Å²) in [6.07, 6.45) is 0. The molecule has 0 atom stereocenters. The van der Waals surface area contributed by atoms with Crippen molar-refractivity contribution in [2.75, 3.05) is 0 Å². The Bertz CT molecular complexity index is 3310. The zero-order valence-electron chi connectivity index (χ0n) is 29.3. The zero-order valence-corrected chi connectivity index (χ0v) is 29.3. The van der Waals surface area contributed by atoms with E-state index < -0.39 is 0 Å². The van der Waals surface area contributed by atoms with E-state index in [0.717, 1.165) is 49.3 Å². The fraction of sp³-hybridized carbons (Fsp3) is 0.0588. The van der Waals surface area contributed by atoms with Gasteiger partial charge in [0.15, 0.2) is 0 Å². The van der Waals surface area contributed by atoms with E-state index in [4.69, 9.17) is 8.83 Å². The molecule has 9 aromatic carbocycles. The average molecular weight is 677 g/mol. The second-order valence-corrected chi connectivity index (χ2v) is 15.2. The molecule has 0 saturated heterocycles. The molecule has 1 aliphatic carbocycles. The monoisotopic (exact) mass is 676 g/mol. The molecule has 0 fully saturated rings. The van der Waals surface area contributed by atoms with Gasteiger partial charge in [-0.25, -0.2) is 0 Å². The Morgan fingerprint density at radius 1 is 0.358 bits per heavy atom. The molecule has 2 heteroatoms. The Hall–Kier alpha value is -6.64. The van der Waals surface area contributed by atoms with E-state index >= 15 is 0 Å². The fourth-order valence-electron chi connectivity index (χ4n) is 9.56. The number of benzene rings is 9. The van der Waals surface area contributed by atoms with Gasteiger partial charge in [-0.05, 0) is 102 Å². The third kappa shape index (κ3) is 3.87. The van der Waals surface area contributed by atoms with E-state index in [1.54, 1.807) is 0 Å². The van der Waals surface area contributed by atoms with E-state index in [-0.39, 0.29) is 5.41 Å². The summed E-state index contributed by atoms with van der Waals surface area (Å²) >= 11 is 0. The highest BCUT2D eigenvalue weighted by Crippen LogP contribution is 2.51. The van der Waals surface area contributed by atoms with Crippen molar-refractivity contribution in [3.8, 4) is 33.4 Å². The van der Waals surface area contributed by atoms with Crippen LogP contribution < -0.4 is 0 Å². The molecule has 2 heterocycles. The number of furan rings is 2. The Kier molecular flexibility index (Phi) is 5.60. The van der Waals surface area contributed by atoms with Crippen molar-refractivity contribution in [3.63, 3.8) is 0 Å². The Balaban J connectivity index is 1.10. The van der Waals surface area contributed by atoms with Gasteiger partial charge in [0.2, 0.25) is 0 Å². The number of hydrogen-bond acceptors (Lipinski definition) is 2. The molecule has 12 rings (SSSR count). The van der Waals surface area contributed by atoms with Crippen molar-refractivity contribution < 1.29 is 8.83 Å². The van der Waals surface area contributed by atoms with Gasteiger partial charge in [0.05, 0.1) is 0 Å². The van der Waals surface area contributed by atoms with Crippen LogP contribution in [0.4, 0.5) is 0 Å². The van der Waals surface area contributed by atoms with Crippen molar-refractivity contribution in [2.24, 2.45) is 0 Å². The summed E-state index contributed by atoms with van der Waals surface area (Å²) in [7, 11) is 0. The second-order valence-electron chi connectivity index (χ2n) is 15.2. The van der Waals surface area contributed by atoms with Crippen LogP contribution in [0.15, 0.2) is 167 Å². The van der Waals surface area contributed by atoms with Crippen molar-refractivity contribution in [1.29, 1.82) is 0 Å². The molecule has 0 spiro atoms. The largest absolute Gasteiger partial charge is 0.456 e. The molecule has 0 radical (unpaired) electrons. The predicted molar refractivity (Wildman–Crippen MR) is 222 cm³/mol. The first-order valence-electron chi connectivity index (χ1n) is 18.4. The standard InChI is InChI=1S/C51H32O2/c1-51(2)43-18-10-9-13-33(43)39-25-30(20-23-44(39)51)48-34-14-5-7-16-36(34)49(37-17-8-6-15-35(37)48)31-21-24-45-40(26-31)42-27-41-38-22-19-29-11-3-4-12-32(29)50(38)53-47(41)28-46(42)52-45/h3-28H,1-2H3. The van der Waals surface area contributed by atoms with Gasteiger partial charge in [0.25, 0.3) is 0 Å². The number of hydrogen-bond donors (Lipinski definition) is 0. The van der Waals surface area contributed by atoms with Gasteiger partial charge in [0.1, 0.15) is 22.3 Å². The van der Waals surface area contributed by atoms with E-state index in [1.807, 2.05) is 0 Å². The van der Waals surface area contributed by atoms with E-state index in [1.165, 1.54) is 71.4 Å². The van der Waals surface area contributed by atoms with Gasteiger partial charge in [-0.1, -0.05) is 135 Å². The maximum absolute atomic E-state index is 6.50. The lowest BCUT2D eigenvalue weighted by Gasteiger charge is -2.22. The topological polar surface area (TPSA) is 26.3 Å². The van der Waals surface area contributed by atoms with E-state index in [0.29, 0.717) is 0 Å². The molecule has 0 aliphatic heterocycles. The summed E-state index contributed by atoms with van der Waals surface area (Å²) in [6.45, 7) is 4.69. The van der Waals surface area contributed by atoms with Gasteiger partial charge in [-0.3, -0.25) is 0 Å². The van der Waals surface area contributed by atoms with Crippen LogP contribution in [0, 0.1) is 0 Å². The molecule has 0 bridgehead atoms. The molecule has 0 amide bonds. The third-order valence-corrected chi connectivity index (χ3v) is 12.0. The van der Waals surface area contributed by atoms with Crippen LogP contribution in [0.1, 0.15) is 25.0 Å². The van der Waals surface area contributed by atoms with Crippen LogP contribution in [0.3, 0.4) is 0 Å². The molecule has 11 aromatic rings. The third-order valence-electron chi connectivity index (χ3n) is 12.0. The summed E-state index contributed by atoms with van der Waals surface area (Å²) in [5.74, 6) is 0. The first kappa shape index (κ1) is 29.0. The molecule has 1 aliphatic rings. The van der Waals surface area contributed by atoms with Crippen LogP contribution in [0.2, 0.25) is 0 Å². The lowest BCUT2D eigenvalue weighted by molar-refractivity contribution is 0.658. The molecular formula is C51H32O2. The summed E-state index contributed by atoms with van der Waals surface area (Å²) in [5.41, 5.74) is 13.8. The smallest absolute Gasteiger partial charge is 0.143 e. The minimum atomic E-state index is -0.0286. The maximum atomic E-state index is 6.50. The molecule has 2 nitrogen and oxygen atoms in total. The van der Waals surface area contributed by atoms with Gasteiger partial charge >= 0.3 is 0 Å². The summed E-state index contributed by atoms with van der Waals surface area (Å²) < 4.78 is 13.0. The van der Waals surface area contributed by atoms with Crippen molar-refractivity contribution in [2.45, 2.75) is 19.3 Å². The van der Waals surface area contributed by atoms with Crippen molar-refractivity contribution >= 4 is 76.2 Å². The first-order valence-corrected chi connectivity index (χ1v) is 18.4. The summed E-state index contributed by atoms with van der Waals surface area (Å²) in [6, 6.07) is 57.7. The first-order chi connectivity index (χ1) is 26.0. The summed E-state index contributed by atoms with van der Waals surface area (Å²) in [5, 5.41) is 11.7. The Labute approximate surface area is 305 Å². The summed E-state index contributed by atoms with van der Waals surface area (Å²) in [4.78, 5) is 0. The minimum Gasteiger partial charge on any atom is -0.456 e. The molecule has 53 heavy (non-hydrogen) atoms. The Morgan fingerprint density at radius 3 is 1.68 bits per heavy atom. The van der Waals surface area contributed by atoms with Crippen LogP contribution in [-0.2, 0) is 5.41 Å². The second kappa shape index (κ2) is 10.2. The maximum Gasteiger partial charge on any atom is 0.143 e. The van der Waals surface area contributed by atoms with Crippen LogP contribution in [0.25, 0.3) is 110 Å². The van der Waals surface area contributed by atoms with Crippen LogP contribution in [-0.4, -0.2) is 0 Å². The molecule has 2 aromatic heterocycles. The Morgan fingerprint density at radius 2 is 0.925 bits per heavy atom. The molecular weight excluding hydrogens is 645 g/mol. The molecule has 248 valence electrons. The SMILES string of the molecule is CC1(C)c2ccccc2-c2cc(-c3c4ccccc4c(-c4ccc5oc6cc7oc8c9ccccc9ccc8c7cc6c5c4)c4ccccc34)ccc21. The molecule has 0 unspecified atom stereocenters. The van der Waals surface area contributed by atoms with Gasteiger partial charge < -0.3 is 8.83 Å². The van der Waals surface area contributed by atoms with Crippen LogP contribution in [0.5, 0.6) is 0 Å². The van der Waals surface area contributed by atoms with Crippen LogP contribution >= 0.6 is 0 Å². The normalized spacial score (nSPS) is 13.6.